The van der Waals surface area contributed by atoms with Crippen LogP contribution < -0.4 is 14.4 Å². The normalized spacial score (nSPS) is 11.2. The van der Waals surface area contributed by atoms with Gasteiger partial charge in [0, 0.05) is 38.1 Å². The van der Waals surface area contributed by atoms with Gasteiger partial charge in [0.1, 0.15) is 5.75 Å². The predicted octanol–water partition coefficient (Wildman–Crippen LogP) is 2.93. The molecular weight excluding hydrogens is 416 g/mol. The van der Waals surface area contributed by atoms with Crippen molar-refractivity contribution in [3.05, 3.63) is 72.8 Å². The molecule has 164 valence electrons. The number of hydrogen-bond donors (Lipinski definition) is 1. The zero-order chi connectivity index (χ0) is 22.3. The molecule has 0 fully saturated rings. The molecule has 8 nitrogen and oxygen atoms in total. The average Bonchev–Trinajstić information content (AvgIpc) is 3.32. The summed E-state index contributed by atoms with van der Waals surface area (Å²) < 4.78 is 34.3. The maximum absolute atomic E-state index is 13.0. The topological polar surface area (TPSA) is 93.5 Å². The lowest BCUT2D eigenvalue weighted by Gasteiger charge is -2.20. The number of aromatic nitrogens is 2. The average molecular weight is 443 g/mol. The molecule has 1 amide bonds. The number of nitrogens with one attached hydrogen (secondary N) is 1. The van der Waals surface area contributed by atoms with Crippen LogP contribution in [0.2, 0.25) is 0 Å². The minimum Gasteiger partial charge on any atom is -0.497 e. The van der Waals surface area contributed by atoms with E-state index in [1.165, 1.54) is 23.5 Å². The first-order valence-corrected chi connectivity index (χ1v) is 11.3. The lowest BCUT2D eigenvalue weighted by atomic mass is 10.2. The molecule has 0 atom stereocenters. The molecule has 1 heterocycles. The second-order valence-corrected chi connectivity index (χ2v) is 8.93. The Labute approximate surface area is 182 Å². The van der Waals surface area contributed by atoms with Crippen molar-refractivity contribution in [3.8, 4) is 5.75 Å². The summed E-state index contributed by atoms with van der Waals surface area (Å²) in [6.07, 6.45) is 7.09. The zero-order valence-corrected chi connectivity index (χ0v) is 18.4. The van der Waals surface area contributed by atoms with Crippen LogP contribution in [0.15, 0.2) is 72.1 Å². The first-order chi connectivity index (χ1) is 14.9. The number of anilines is 1. The zero-order valence-electron chi connectivity index (χ0n) is 17.6. The quantitative estimate of drug-likeness (QED) is 0.487. The number of benzene rings is 2. The van der Waals surface area contributed by atoms with E-state index in [0.29, 0.717) is 23.5 Å². The molecule has 0 radical (unpaired) electrons. The highest BCUT2D eigenvalue weighted by atomic mass is 32.2. The van der Waals surface area contributed by atoms with Crippen LogP contribution >= 0.6 is 0 Å². The Balaban J connectivity index is 1.61. The van der Waals surface area contributed by atoms with Crippen molar-refractivity contribution < 1.29 is 17.9 Å². The third-order valence-corrected chi connectivity index (χ3v) is 6.66. The Hall–Kier alpha value is -3.33. The molecule has 1 aromatic heterocycles. The number of amides is 1. The Morgan fingerprint density at radius 3 is 2.61 bits per heavy atom. The van der Waals surface area contributed by atoms with Gasteiger partial charge in [0.15, 0.2) is 0 Å². The Morgan fingerprint density at radius 1 is 1.16 bits per heavy atom. The molecule has 31 heavy (non-hydrogen) atoms. The van der Waals surface area contributed by atoms with E-state index >= 15 is 0 Å². The van der Waals surface area contributed by atoms with E-state index in [1.54, 1.807) is 56.0 Å². The van der Waals surface area contributed by atoms with Crippen LogP contribution in [0.1, 0.15) is 23.2 Å². The molecule has 0 saturated heterocycles. The number of imidazole rings is 1. The number of carbonyl (C=O) groups excluding carboxylic acids is 1. The number of ether oxygens (including phenoxy) is 1. The number of rotatable bonds is 10. The number of carbonyl (C=O) groups is 1. The van der Waals surface area contributed by atoms with Gasteiger partial charge in [-0.2, -0.15) is 0 Å². The number of aryl methyl sites for hydroxylation is 1. The highest BCUT2D eigenvalue weighted by Gasteiger charge is 2.22. The number of hydrogen-bond acceptors (Lipinski definition) is 5. The number of methoxy groups -OCH3 is 1. The summed E-state index contributed by atoms with van der Waals surface area (Å²) in [7, 11) is -0.794. The van der Waals surface area contributed by atoms with Gasteiger partial charge in [-0.3, -0.25) is 9.10 Å². The lowest BCUT2D eigenvalue weighted by molar-refractivity contribution is 0.0952. The summed E-state index contributed by atoms with van der Waals surface area (Å²) >= 11 is 0. The lowest BCUT2D eigenvalue weighted by Crippen LogP contribution is -2.28. The smallest absolute Gasteiger partial charge is 0.264 e. The maximum atomic E-state index is 13.0. The van der Waals surface area contributed by atoms with Gasteiger partial charge in [0.2, 0.25) is 0 Å². The minimum atomic E-state index is -3.82. The maximum Gasteiger partial charge on any atom is 0.264 e. The Kier molecular flexibility index (Phi) is 7.30. The van der Waals surface area contributed by atoms with E-state index in [-0.39, 0.29) is 10.8 Å². The summed E-state index contributed by atoms with van der Waals surface area (Å²) in [6, 6.07) is 12.8. The van der Waals surface area contributed by atoms with Crippen molar-refractivity contribution >= 4 is 21.6 Å². The van der Waals surface area contributed by atoms with Gasteiger partial charge in [-0.05, 0) is 55.3 Å². The summed E-state index contributed by atoms with van der Waals surface area (Å²) in [5, 5.41) is 2.85. The van der Waals surface area contributed by atoms with Gasteiger partial charge in [-0.25, -0.2) is 13.4 Å². The molecule has 3 aromatic rings. The van der Waals surface area contributed by atoms with Gasteiger partial charge >= 0.3 is 0 Å². The van der Waals surface area contributed by atoms with E-state index in [4.69, 9.17) is 4.74 Å². The SMILES string of the molecule is COc1ccc(N(C)S(=O)(=O)c2cccc(C(=O)NCCCCn3ccnc3)c2)cc1. The first kappa shape index (κ1) is 22.4. The Morgan fingerprint density at radius 2 is 1.94 bits per heavy atom. The molecule has 0 bridgehead atoms. The molecule has 2 aromatic carbocycles. The van der Waals surface area contributed by atoms with Gasteiger partial charge in [0.05, 0.1) is 24.0 Å². The van der Waals surface area contributed by atoms with E-state index in [9.17, 15) is 13.2 Å². The van der Waals surface area contributed by atoms with Crippen LogP contribution in [0.25, 0.3) is 0 Å². The predicted molar refractivity (Wildman–Crippen MR) is 119 cm³/mol. The van der Waals surface area contributed by atoms with Gasteiger partial charge in [-0.1, -0.05) is 6.07 Å². The molecule has 0 aliphatic carbocycles. The largest absolute Gasteiger partial charge is 0.497 e. The van der Waals surface area contributed by atoms with Gasteiger partial charge in [-0.15, -0.1) is 0 Å². The van der Waals surface area contributed by atoms with Gasteiger partial charge < -0.3 is 14.6 Å². The van der Waals surface area contributed by atoms with Crippen LogP contribution in [0.4, 0.5) is 5.69 Å². The van der Waals surface area contributed by atoms with Crippen molar-refractivity contribution in [2.24, 2.45) is 0 Å². The molecule has 9 heteroatoms. The van der Waals surface area contributed by atoms with Crippen molar-refractivity contribution in [2.45, 2.75) is 24.3 Å². The summed E-state index contributed by atoms with van der Waals surface area (Å²) in [4.78, 5) is 16.5. The van der Waals surface area contributed by atoms with Crippen LogP contribution in [-0.4, -0.2) is 44.6 Å². The molecule has 0 aliphatic heterocycles. The fourth-order valence-electron chi connectivity index (χ4n) is 3.03. The van der Waals surface area contributed by atoms with E-state index < -0.39 is 10.0 Å². The molecule has 3 rings (SSSR count). The van der Waals surface area contributed by atoms with Crippen molar-refractivity contribution in [2.75, 3.05) is 25.0 Å². The minimum absolute atomic E-state index is 0.0542. The monoisotopic (exact) mass is 442 g/mol. The summed E-state index contributed by atoms with van der Waals surface area (Å²) in [5.41, 5.74) is 0.798. The Bertz CT molecular complexity index is 1100. The number of unbranched alkanes of at least 4 members (excludes halogenated alkanes) is 1. The van der Waals surface area contributed by atoms with Gasteiger partial charge in [0.25, 0.3) is 15.9 Å². The van der Waals surface area contributed by atoms with E-state index in [2.05, 4.69) is 10.3 Å². The second-order valence-electron chi connectivity index (χ2n) is 6.96. The van der Waals surface area contributed by atoms with E-state index in [0.717, 1.165) is 19.4 Å². The van der Waals surface area contributed by atoms with Crippen molar-refractivity contribution in [3.63, 3.8) is 0 Å². The van der Waals surface area contributed by atoms with Crippen LogP contribution in [0.5, 0.6) is 5.75 Å². The molecule has 0 spiro atoms. The van der Waals surface area contributed by atoms with Crippen LogP contribution in [0.3, 0.4) is 0 Å². The molecule has 0 unspecified atom stereocenters. The number of nitrogens with zero attached hydrogens (tertiary/aromatic N) is 3. The summed E-state index contributed by atoms with van der Waals surface area (Å²) in [5.74, 6) is 0.338. The third kappa shape index (κ3) is 5.64. The summed E-state index contributed by atoms with van der Waals surface area (Å²) in [6.45, 7) is 1.34. The van der Waals surface area contributed by atoms with Crippen LogP contribution in [-0.2, 0) is 16.6 Å². The fraction of sp³-hybridized carbons (Fsp3) is 0.273. The van der Waals surface area contributed by atoms with Crippen molar-refractivity contribution in [1.82, 2.24) is 14.9 Å². The standard InChI is InChI=1S/C22H26N4O4S/c1-25(19-8-10-20(30-2)11-9-19)31(28,29)21-7-5-6-18(16-21)22(27)24-12-3-4-14-26-15-13-23-17-26/h5-11,13,15-17H,3-4,12,14H2,1-2H3,(H,24,27). The van der Waals surface area contributed by atoms with Crippen molar-refractivity contribution in [1.29, 1.82) is 0 Å². The highest BCUT2D eigenvalue weighted by Crippen LogP contribution is 2.24. The third-order valence-electron chi connectivity index (χ3n) is 4.88. The fourth-order valence-corrected chi connectivity index (χ4v) is 4.27. The van der Waals surface area contributed by atoms with E-state index in [1.807, 2.05) is 10.8 Å². The molecule has 0 saturated carbocycles. The van der Waals surface area contributed by atoms with Crippen LogP contribution in [0, 0.1) is 0 Å². The highest BCUT2D eigenvalue weighted by molar-refractivity contribution is 7.92. The molecule has 1 N–H and O–H groups in total. The number of sulfonamides is 1. The molecular formula is C22H26N4O4S. The first-order valence-electron chi connectivity index (χ1n) is 9.89. The second kappa shape index (κ2) is 10.1. The molecule has 0 aliphatic rings.